The lowest BCUT2D eigenvalue weighted by atomic mass is 10.2. The molecule has 6 heteroatoms. The maximum Gasteiger partial charge on any atom is 0.235 e. The second-order valence-electron chi connectivity index (χ2n) is 4.06. The minimum atomic E-state index is -1.87. The predicted molar refractivity (Wildman–Crippen MR) is 65.0 cm³/mol. The highest BCUT2D eigenvalue weighted by atomic mass is 31.1. The topological polar surface area (TPSA) is 0 Å². The van der Waals surface area contributed by atoms with Crippen LogP contribution in [0.2, 0.25) is 0 Å². The highest BCUT2D eigenvalue weighted by Crippen LogP contribution is 2.29. The number of benzene rings is 1. The molecule has 1 aromatic rings. The average Bonchev–Trinajstić information content (AvgIpc) is 2.32. The molecule has 0 heterocycles. The fourth-order valence-electron chi connectivity index (χ4n) is 1.53. The monoisotopic (exact) mass is 285 g/mol. The van der Waals surface area contributed by atoms with Crippen molar-refractivity contribution in [3.63, 3.8) is 0 Å². The molecule has 0 saturated carbocycles. The first kappa shape index (κ1) is 15.4. The third kappa shape index (κ3) is 4.20. The van der Waals surface area contributed by atoms with E-state index < -0.39 is 38.1 Å². The van der Waals surface area contributed by atoms with Gasteiger partial charge in [0, 0.05) is 12.1 Å². The van der Waals surface area contributed by atoms with E-state index in [1.807, 2.05) is 6.92 Å². The Kier molecular flexibility index (Phi) is 6.00. The largest absolute Gasteiger partial charge is 0.240 e. The van der Waals surface area contributed by atoms with Gasteiger partial charge in [-0.25, -0.2) is 13.2 Å². The molecule has 3 atom stereocenters. The van der Waals surface area contributed by atoms with Gasteiger partial charge in [-0.2, -0.15) is 8.78 Å². The van der Waals surface area contributed by atoms with Gasteiger partial charge in [-0.15, -0.1) is 0 Å². The van der Waals surface area contributed by atoms with Crippen LogP contribution in [0.3, 0.4) is 0 Å². The van der Waals surface area contributed by atoms with Crippen LogP contribution >= 0.6 is 8.58 Å². The quantitative estimate of drug-likeness (QED) is 0.421. The van der Waals surface area contributed by atoms with Gasteiger partial charge in [0.1, 0.15) is 11.1 Å². The molecule has 3 unspecified atom stereocenters. The first-order valence-electron chi connectivity index (χ1n) is 5.73. The van der Waals surface area contributed by atoms with E-state index >= 15 is 0 Å². The summed E-state index contributed by atoms with van der Waals surface area (Å²) in [6.45, 7) is 1.84. The number of hydrogen-bond acceptors (Lipinski definition) is 0. The third-order valence-corrected chi connectivity index (χ3v) is 4.05. The molecule has 0 bridgehead atoms. The molecule has 18 heavy (non-hydrogen) atoms. The predicted octanol–water partition coefficient (Wildman–Crippen LogP) is 3.96. The number of alkyl halides is 2. The normalized spacial score (nSPS) is 15.2. The van der Waals surface area contributed by atoms with Crippen LogP contribution in [0.1, 0.15) is 26.2 Å². The summed E-state index contributed by atoms with van der Waals surface area (Å²) >= 11 is 0. The highest BCUT2D eigenvalue weighted by Gasteiger charge is 2.28. The molecule has 0 aliphatic rings. The van der Waals surface area contributed by atoms with Crippen LogP contribution in [0.5, 0.6) is 0 Å². The molecule has 0 radical (unpaired) electrons. The summed E-state index contributed by atoms with van der Waals surface area (Å²) in [5.41, 5.74) is 0. The second-order valence-corrected chi connectivity index (χ2v) is 5.65. The van der Waals surface area contributed by atoms with Crippen molar-refractivity contribution >= 4 is 13.9 Å². The lowest BCUT2D eigenvalue weighted by Crippen LogP contribution is -2.17. The maximum atomic E-state index is 13.5. The zero-order valence-corrected chi connectivity index (χ0v) is 11.1. The van der Waals surface area contributed by atoms with Crippen molar-refractivity contribution in [1.82, 2.24) is 0 Å². The Morgan fingerprint density at radius 2 is 1.83 bits per heavy atom. The molecule has 0 saturated heterocycles. The zero-order chi connectivity index (χ0) is 13.7. The van der Waals surface area contributed by atoms with Gasteiger partial charge in [-0.1, -0.05) is 19.8 Å². The van der Waals surface area contributed by atoms with Gasteiger partial charge < -0.3 is 0 Å². The molecular weight excluding hydrogens is 270 g/mol. The van der Waals surface area contributed by atoms with Crippen LogP contribution in [0.4, 0.5) is 22.0 Å². The summed E-state index contributed by atoms with van der Waals surface area (Å²) in [7, 11) is -1.48. The molecule has 0 spiro atoms. The van der Waals surface area contributed by atoms with Crippen molar-refractivity contribution in [2.45, 2.75) is 38.3 Å². The van der Waals surface area contributed by atoms with E-state index in [1.165, 1.54) is 0 Å². The van der Waals surface area contributed by atoms with E-state index in [0.29, 0.717) is 12.5 Å². The summed E-state index contributed by atoms with van der Waals surface area (Å²) in [4.78, 5) is 0. The van der Waals surface area contributed by atoms with Gasteiger partial charge in [-0.05, 0) is 6.42 Å². The summed E-state index contributed by atoms with van der Waals surface area (Å²) < 4.78 is 65.8. The van der Waals surface area contributed by atoms with Crippen LogP contribution in [0, 0.1) is 17.5 Å². The minimum Gasteiger partial charge on any atom is -0.240 e. The van der Waals surface area contributed by atoms with E-state index in [1.54, 1.807) is 0 Å². The molecule has 1 aromatic carbocycles. The number of rotatable bonds is 6. The van der Waals surface area contributed by atoms with Crippen LogP contribution in [-0.4, -0.2) is 12.1 Å². The Hall–Kier alpha value is -0.700. The van der Waals surface area contributed by atoms with E-state index in [-0.39, 0.29) is 11.7 Å². The smallest absolute Gasteiger partial charge is 0.235 e. The SMILES string of the molecule is CCCCC(F)C(F)[PH2+]c1cc(F)cc(F)c1F. The van der Waals surface area contributed by atoms with Crippen molar-refractivity contribution in [2.75, 3.05) is 0 Å². The van der Waals surface area contributed by atoms with Gasteiger partial charge >= 0.3 is 0 Å². The van der Waals surface area contributed by atoms with Crippen molar-refractivity contribution in [3.8, 4) is 0 Å². The molecule has 0 fully saturated rings. The Morgan fingerprint density at radius 3 is 2.44 bits per heavy atom. The summed E-state index contributed by atoms with van der Waals surface area (Å²) in [6, 6.07) is 1.11. The number of unbranched alkanes of at least 4 members (excludes halogenated alkanes) is 1. The van der Waals surface area contributed by atoms with Gasteiger partial charge in [0.25, 0.3) is 0 Å². The molecular formula is C12H15F5P+. The third-order valence-electron chi connectivity index (χ3n) is 2.54. The fraction of sp³-hybridized carbons (Fsp3) is 0.500. The van der Waals surface area contributed by atoms with Crippen molar-refractivity contribution < 1.29 is 22.0 Å². The maximum absolute atomic E-state index is 13.5. The highest BCUT2D eigenvalue weighted by molar-refractivity contribution is 7.47. The van der Waals surface area contributed by atoms with Gasteiger partial charge in [0.2, 0.25) is 11.7 Å². The van der Waals surface area contributed by atoms with E-state index in [9.17, 15) is 22.0 Å². The summed E-state index contributed by atoms with van der Waals surface area (Å²) in [5, 5.41) is -0.390. The lowest BCUT2D eigenvalue weighted by molar-refractivity contribution is 0.217. The molecule has 0 amide bonds. The van der Waals surface area contributed by atoms with Crippen molar-refractivity contribution in [2.24, 2.45) is 0 Å². The minimum absolute atomic E-state index is 0.0457. The first-order chi connectivity index (χ1) is 8.45. The standard InChI is InChI=1S/C12H14F5P/c1-2-3-4-8(14)12(17)18-10-6-7(13)5-9(15)11(10)16/h5-6,8,12,18H,2-4H2,1H3/p+1. The molecule has 0 N–H and O–H groups in total. The Balaban J connectivity index is 2.72. The Morgan fingerprint density at radius 1 is 1.17 bits per heavy atom. The van der Waals surface area contributed by atoms with Gasteiger partial charge in [0.05, 0.1) is 8.58 Å². The molecule has 102 valence electrons. The molecule has 0 nitrogen and oxygen atoms in total. The average molecular weight is 285 g/mol. The summed E-state index contributed by atoms with van der Waals surface area (Å²) in [5.74, 6) is -5.50. The van der Waals surface area contributed by atoms with E-state index in [4.69, 9.17) is 0 Å². The molecule has 0 aliphatic carbocycles. The molecule has 0 aromatic heterocycles. The lowest BCUT2D eigenvalue weighted by Gasteiger charge is -2.09. The van der Waals surface area contributed by atoms with Gasteiger partial charge in [-0.3, -0.25) is 0 Å². The molecule has 0 aliphatic heterocycles. The zero-order valence-electron chi connectivity index (χ0n) is 9.90. The van der Waals surface area contributed by atoms with Gasteiger partial charge in [0.15, 0.2) is 12.0 Å². The fourth-order valence-corrected chi connectivity index (χ4v) is 2.82. The van der Waals surface area contributed by atoms with E-state index in [0.717, 1.165) is 12.5 Å². The molecule has 1 rings (SSSR count). The van der Waals surface area contributed by atoms with Crippen LogP contribution in [0.15, 0.2) is 12.1 Å². The van der Waals surface area contributed by atoms with Crippen LogP contribution < -0.4 is 5.30 Å². The first-order valence-corrected chi connectivity index (χ1v) is 6.97. The Bertz CT molecular complexity index is 396. The van der Waals surface area contributed by atoms with Crippen molar-refractivity contribution in [1.29, 1.82) is 0 Å². The van der Waals surface area contributed by atoms with Crippen LogP contribution in [-0.2, 0) is 0 Å². The van der Waals surface area contributed by atoms with Crippen molar-refractivity contribution in [3.05, 3.63) is 29.6 Å². The number of halogens is 5. The Labute approximate surface area is 104 Å². The number of hydrogen-bond donors (Lipinski definition) is 0. The van der Waals surface area contributed by atoms with Crippen LogP contribution in [0.25, 0.3) is 0 Å². The van der Waals surface area contributed by atoms with E-state index in [2.05, 4.69) is 0 Å². The summed E-state index contributed by atoms with van der Waals surface area (Å²) in [6.07, 6.45) is -0.401. The second kappa shape index (κ2) is 7.03.